The van der Waals surface area contributed by atoms with Gasteiger partial charge in [0, 0.05) is 18.7 Å². The van der Waals surface area contributed by atoms with Crippen LogP contribution in [0.3, 0.4) is 0 Å². The fourth-order valence-electron chi connectivity index (χ4n) is 3.08. The van der Waals surface area contributed by atoms with Crippen LogP contribution in [-0.4, -0.2) is 31.1 Å². The summed E-state index contributed by atoms with van der Waals surface area (Å²) in [7, 11) is 0. The van der Waals surface area contributed by atoms with Gasteiger partial charge < -0.3 is 10.5 Å². The Hall–Kier alpha value is -1.06. The number of likely N-dealkylation sites (tertiary alicyclic amines) is 1. The molecule has 112 valence electrons. The normalized spacial score (nSPS) is 21.6. The van der Waals surface area contributed by atoms with Crippen LogP contribution in [0, 0.1) is 5.92 Å². The molecule has 1 aliphatic rings. The zero-order valence-electron chi connectivity index (χ0n) is 12.8. The van der Waals surface area contributed by atoms with Crippen LogP contribution < -0.4 is 10.5 Å². The number of rotatable bonds is 6. The maximum absolute atomic E-state index is 6.08. The molecule has 0 aliphatic carbocycles. The minimum atomic E-state index is 0.283. The summed E-state index contributed by atoms with van der Waals surface area (Å²) in [5, 5.41) is 0. The van der Waals surface area contributed by atoms with Crippen molar-refractivity contribution in [2.24, 2.45) is 11.7 Å². The summed E-state index contributed by atoms with van der Waals surface area (Å²) in [5.41, 5.74) is 7.33. The fraction of sp³-hybridized carbons (Fsp3) is 0.647. The van der Waals surface area contributed by atoms with E-state index in [0.29, 0.717) is 6.54 Å². The Bertz CT molecular complexity index is 408. The van der Waals surface area contributed by atoms with Crippen molar-refractivity contribution in [1.82, 2.24) is 4.90 Å². The molecular formula is C17H28N2O. The Balaban J connectivity index is 2.17. The lowest BCUT2D eigenvalue weighted by molar-refractivity contribution is 0.130. The van der Waals surface area contributed by atoms with Gasteiger partial charge in [-0.25, -0.2) is 0 Å². The molecule has 0 bridgehead atoms. The van der Waals surface area contributed by atoms with E-state index in [0.717, 1.165) is 37.8 Å². The third-order valence-electron chi connectivity index (χ3n) is 4.09. The molecule has 3 nitrogen and oxygen atoms in total. The van der Waals surface area contributed by atoms with Gasteiger partial charge in [-0.1, -0.05) is 32.0 Å². The molecule has 1 aromatic carbocycles. The van der Waals surface area contributed by atoms with Gasteiger partial charge in [-0.2, -0.15) is 0 Å². The van der Waals surface area contributed by atoms with Gasteiger partial charge in [0.2, 0.25) is 0 Å². The van der Waals surface area contributed by atoms with Crippen LogP contribution in [0.2, 0.25) is 0 Å². The van der Waals surface area contributed by atoms with Crippen molar-refractivity contribution in [2.75, 3.05) is 26.2 Å². The van der Waals surface area contributed by atoms with Gasteiger partial charge in [-0.05, 0) is 37.8 Å². The Morgan fingerprint density at radius 3 is 2.90 bits per heavy atom. The monoisotopic (exact) mass is 276 g/mol. The van der Waals surface area contributed by atoms with Crippen LogP contribution in [0.1, 0.15) is 44.7 Å². The molecule has 1 aromatic rings. The molecule has 2 unspecified atom stereocenters. The van der Waals surface area contributed by atoms with Gasteiger partial charge >= 0.3 is 0 Å². The van der Waals surface area contributed by atoms with Crippen molar-refractivity contribution >= 4 is 0 Å². The Kier molecular flexibility index (Phi) is 5.86. The molecule has 0 amide bonds. The van der Waals surface area contributed by atoms with Crippen molar-refractivity contribution in [3.05, 3.63) is 29.8 Å². The second kappa shape index (κ2) is 7.65. The number of piperidine rings is 1. The van der Waals surface area contributed by atoms with Crippen molar-refractivity contribution < 1.29 is 4.74 Å². The van der Waals surface area contributed by atoms with E-state index >= 15 is 0 Å². The minimum Gasteiger partial charge on any atom is -0.493 e. The minimum absolute atomic E-state index is 0.283. The van der Waals surface area contributed by atoms with E-state index in [1.165, 1.54) is 18.4 Å². The van der Waals surface area contributed by atoms with E-state index < -0.39 is 0 Å². The largest absolute Gasteiger partial charge is 0.493 e. The first-order chi connectivity index (χ1) is 9.76. The molecule has 1 aliphatic heterocycles. The van der Waals surface area contributed by atoms with Crippen LogP contribution >= 0.6 is 0 Å². The highest BCUT2D eigenvalue weighted by atomic mass is 16.5. The van der Waals surface area contributed by atoms with Gasteiger partial charge in [0.25, 0.3) is 0 Å². The van der Waals surface area contributed by atoms with E-state index in [1.54, 1.807) is 0 Å². The van der Waals surface area contributed by atoms with Crippen LogP contribution in [0.15, 0.2) is 24.3 Å². The number of hydrogen-bond donors (Lipinski definition) is 1. The van der Waals surface area contributed by atoms with Crippen molar-refractivity contribution in [1.29, 1.82) is 0 Å². The van der Waals surface area contributed by atoms with Crippen molar-refractivity contribution in [3.63, 3.8) is 0 Å². The molecule has 20 heavy (non-hydrogen) atoms. The quantitative estimate of drug-likeness (QED) is 0.867. The molecule has 0 spiro atoms. The topological polar surface area (TPSA) is 38.5 Å². The highest BCUT2D eigenvalue weighted by Crippen LogP contribution is 2.31. The van der Waals surface area contributed by atoms with Gasteiger partial charge in [0.15, 0.2) is 0 Å². The molecular weight excluding hydrogens is 248 g/mol. The molecule has 1 heterocycles. The number of nitrogens with zero attached hydrogens (tertiary/aromatic N) is 1. The lowest BCUT2D eigenvalue weighted by Crippen LogP contribution is -2.40. The summed E-state index contributed by atoms with van der Waals surface area (Å²) in [5.74, 6) is 1.77. The van der Waals surface area contributed by atoms with Gasteiger partial charge in [0.1, 0.15) is 5.75 Å². The first-order valence-corrected chi connectivity index (χ1v) is 7.92. The molecule has 2 rings (SSSR count). The predicted octanol–water partition coefficient (Wildman–Crippen LogP) is 3.21. The van der Waals surface area contributed by atoms with Crippen molar-refractivity contribution in [3.8, 4) is 5.75 Å². The summed E-state index contributed by atoms with van der Waals surface area (Å²) >= 11 is 0. The van der Waals surface area contributed by atoms with Gasteiger partial charge in [0.05, 0.1) is 12.6 Å². The molecule has 0 aromatic heterocycles. The summed E-state index contributed by atoms with van der Waals surface area (Å²) in [6.45, 7) is 8.18. The van der Waals surface area contributed by atoms with Gasteiger partial charge in [-0.15, -0.1) is 0 Å². The maximum atomic E-state index is 6.08. The number of hydrogen-bond acceptors (Lipinski definition) is 3. The third-order valence-corrected chi connectivity index (χ3v) is 4.09. The highest BCUT2D eigenvalue weighted by molar-refractivity contribution is 5.36. The van der Waals surface area contributed by atoms with Crippen LogP contribution in [0.25, 0.3) is 0 Å². The van der Waals surface area contributed by atoms with Crippen LogP contribution in [0.5, 0.6) is 5.75 Å². The Morgan fingerprint density at radius 2 is 2.20 bits per heavy atom. The standard InChI is InChI=1S/C17H28N2O/c1-3-11-20-17-9-5-4-8-15(17)16(12-18)19-10-6-7-14(2)13-19/h4-5,8-9,14,16H,3,6-7,10-13,18H2,1-2H3. The Labute approximate surface area is 123 Å². The van der Waals surface area contributed by atoms with Gasteiger partial charge in [-0.3, -0.25) is 4.90 Å². The lowest BCUT2D eigenvalue weighted by Gasteiger charge is -2.37. The average molecular weight is 276 g/mol. The number of nitrogens with two attached hydrogens (primary N) is 1. The SMILES string of the molecule is CCCOc1ccccc1C(CN)N1CCCC(C)C1. The van der Waals surface area contributed by atoms with E-state index in [-0.39, 0.29) is 6.04 Å². The van der Waals surface area contributed by atoms with Crippen molar-refractivity contribution in [2.45, 2.75) is 39.2 Å². The molecule has 0 radical (unpaired) electrons. The number of ether oxygens (including phenoxy) is 1. The van der Waals surface area contributed by atoms with E-state index in [9.17, 15) is 0 Å². The second-order valence-electron chi connectivity index (χ2n) is 5.88. The molecule has 2 N–H and O–H groups in total. The first-order valence-electron chi connectivity index (χ1n) is 7.92. The fourth-order valence-corrected chi connectivity index (χ4v) is 3.08. The highest BCUT2D eigenvalue weighted by Gasteiger charge is 2.26. The zero-order valence-corrected chi connectivity index (χ0v) is 12.8. The smallest absolute Gasteiger partial charge is 0.124 e. The predicted molar refractivity (Wildman–Crippen MR) is 84.0 cm³/mol. The maximum Gasteiger partial charge on any atom is 0.124 e. The lowest BCUT2D eigenvalue weighted by atomic mass is 9.96. The molecule has 2 atom stereocenters. The van der Waals surface area contributed by atoms with Crippen LogP contribution in [-0.2, 0) is 0 Å². The summed E-state index contributed by atoms with van der Waals surface area (Å²) in [6, 6.07) is 8.65. The first kappa shape index (κ1) is 15.3. The molecule has 3 heteroatoms. The second-order valence-corrected chi connectivity index (χ2v) is 5.88. The molecule has 1 fully saturated rings. The van der Waals surface area contributed by atoms with E-state index in [4.69, 9.17) is 10.5 Å². The summed E-state index contributed by atoms with van der Waals surface area (Å²) in [4.78, 5) is 2.53. The third kappa shape index (κ3) is 3.74. The van der Waals surface area contributed by atoms with E-state index in [1.807, 2.05) is 6.07 Å². The summed E-state index contributed by atoms with van der Waals surface area (Å²) < 4.78 is 5.90. The Morgan fingerprint density at radius 1 is 1.40 bits per heavy atom. The van der Waals surface area contributed by atoms with Crippen LogP contribution in [0.4, 0.5) is 0 Å². The summed E-state index contributed by atoms with van der Waals surface area (Å²) in [6.07, 6.45) is 3.64. The zero-order chi connectivity index (χ0) is 14.4. The number of para-hydroxylation sites is 1. The van der Waals surface area contributed by atoms with E-state index in [2.05, 4.69) is 36.9 Å². The number of benzene rings is 1. The average Bonchev–Trinajstić information content (AvgIpc) is 2.47. The molecule has 1 saturated heterocycles. The molecule has 0 saturated carbocycles.